The topological polar surface area (TPSA) is 49.4 Å². The smallest absolute Gasteiger partial charge is 0.253 e. The molecule has 1 N–H and O–H groups in total. The second-order valence-electron chi connectivity index (χ2n) is 7.49. The number of hydrogen-bond acceptors (Lipinski definition) is 2. The van der Waals surface area contributed by atoms with Gasteiger partial charge in [-0.05, 0) is 67.1 Å². The van der Waals surface area contributed by atoms with Crippen molar-refractivity contribution in [2.75, 3.05) is 18.4 Å². The fourth-order valence-corrected chi connectivity index (χ4v) is 3.49. The molecule has 0 aliphatic carbocycles. The molecule has 2 aromatic carbocycles. The molecule has 1 fully saturated rings. The largest absolute Gasteiger partial charge is 0.339 e. The summed E-state index contributed by atoms with van der Waals surface area (Å²) < 4.78 is 13.0. The summed E-state index contributed by atoms with van der Waals surface area (Å²) in [5, 5.41) is 2.99. The highest BCUT2D eigenvalue weighted by Crippen LogP contribution is 2.23. The number of carbonyl (C=O) groups excluding carboxylic acids is 2. The van der Waals surface area contributed by atoms with Crippen molar-refractivity contribution in [3.8, 4) is 0 Å². The molecule has 3 rings (SSSR count). The van der Waals surface area contributed by atoms with E-state index < -0.39 is 0 Å². The number of piperidine rings is 1. The molecule has 0 radical (unpaired) electrons. The van der Waals surface area contributed by atoms with E-state index in [4.69, 9.17) is 0 Å². The number of halogens is 1. The first-order valence-electron chi connectivity index (χ1n) is 9.93. The fraction of sp³-hybridized carbons (Fsp3) is 0.391. The first-order valence-corrected chi connectivity index (χ1v) is 9.93. The van der Waals surface area contributed by atoms with Crippen LogP contribution >= 0.6 is 0 Å². The third-order valence-electron chi connectivity index (χ3n) is 5.60. The maximum absolute atomic E-state index is 13.0. The van der Waals surface area contributed by atoms with Gasteiger partial charge in [0.25, 0.3) is 5.91 Å². The average Bonchev–Trinajstić information content (AvgIpc) is 2.74. The van der Waals surface area contributed by atoms with Gasteiger partial charge in [-0.25, -0.2) is 4.39 Å². The van der Waals surface area contributed by atoms with Crippen molar-refractivity contribution in [3.05, 3.63) is 65.5 Å². The third-order valence-corrected chi connectivity index (χ3v) is 5.60. The van der Waals surface area contributed by atoms with Crippen molar-refractivity contribution >= 4 is 17.5 Å². The second-order valence-corrected chi connectivity index (χ2v) is 7.49. The predicted molar refractivity (Wildman–Crippen MR) is 109 cm³/mol. The molecular formula is C23H27FN2O2. The van der Waals surface area contributed by atoms with Crippen LogP contribution in [-0.2, 0) is 4.79 Å². The Balaban J connectivity index is 1.52. The van der Waals surface area contributed by atoms with Gasteiger partial charge < -0.3 is 10.2 Å². The minimum absolute atomic E-state index is 0.00479. The number of nitrogens with zero attached hydrogens (tertiary/aromatic N) is 1. The summed E-state index contributed by atoms with van der Waals surface area (Å²) in [5.74, 6) is -0.0620. The van der Waals surface area contributed by atoms with E-state index >= 15 is 0 Å². The summed E-state index contributed by atoms with van der Waals surface area (Å²) >= 11 is 0. The van der Waals surface area contributed by atoms with Crippen molar-refractivity contribution < 1.29 is 14.0 Å². The number of amides is 2. The summed E-state index contributed by atoms with van der Waals surface area (Å²) in [5.41, 5.74) is 2.56. The van der Waals surface area contributed by atoms with Gasteiger partial charge in [-0.15, -0.1) is 0 Å². The highest BCUT2D eigenvalue weighted by atomic mass is 19.1. The van der Waals surface area contributed by atoms with Crippen LogP contribution in [0.4, 0.5) is 10.1 Å². The molecule has 4 nitrogen and oxygen atoms in total. The highest BCUT2D eigenvalue weighted by Gasteiger charge is 2.28. The van der Waals surface area contributed by atoms with E-state index in [9.17, 15) is 14.0 Å². The molecule has 2 aromatic rings. The number of hydrogen-bond donors (Lipinski definition) is 1. The van der Waals surface area contributed by atoms with Crippen LogP contribution < -0.4 is 5.32 Å². The van der Waals surface area contributed by atoms with Crippen molar-refractivity contribution in [1.29, 1.82) is 0 Å². The Labute approximate surface area is 165 Å². The van der Waals surface area contributed by atoms with Crippen molar-refractivity contribution in [2.24, 2.45) is 5.92 Å². The molecular weight excluding hydrogens is 355 g/mol. The molecule has 0 aromatic heterocycles. The van der Waals surface area contributed by atoms with E-state index in [1.807, 2.05) is 12.1 Å². The first kappa shape index (κ1) is 20.1. The molecule has 1 saturated heterocycles. The Kier molecular flexibility index (Phi) is 6.45. The second kappa shape index (κ2) is 9.00. The zero-order chi connectivity index (χ0) is 20.1. The van der Waals surface area contributed by atoms with E-state index in [0.29, 0.717) is 37.4 Å². The lowest BCUT2D eigenvalue weighted by atomic mass is 9.95. The Morgan fingerprint density at radius 1 is 1.07 bits per heavy atom. The van der Waals surface area contributed by atoms with Gasteiger partial charge in [0.1, 0.15) is 5.82 Å². The SMILES string of the molecule is CCC(C)c1ccc(NC(=O)C2CCN(C(=O)c3ccc(F)cc3)CC2)cc1. The minimum atomic E-state index is -0.357. The Morgan fingerprint density at radius 2 is 1.68 bits per heavy atom. The van der Waals surface area contributed by atoms with Gasteiger partial charge in [-0.1, -0.05) is 26.0 Å². The summed E-state index contributed by atoms with van der Waals surface area (Å²) in [6.45, 7) is 5.41. The zero-order valence-electron chi connectivity index (χ0n) is 16.5. The first-order chi connectivity index (χ1) is 13.5. The van der Waals surface area contributed by atoms with Gasteiger partial charge in [0.2, 0.25) is 5.91 Å². The molecule has 5 heteroatoms. The third kappa shape index (κ3) is 4.77. The van der Waals surface area contributed by atoms with E-state index in [1.54, 1.807) is 4.90 Å². The number of anilines is 1. The van der Waals surface area contributed by atoms with Crippen LogP contribution in [0.15, 0.2) is 48.5 Å². The molecule has 1 atom stereocenters. The summed E-state index contributed by atoms with van der Waals surface area (Å²) in [7, 11) is 0. The average molecular weight is 382 g/mol. The number of rotatable bonds is 5. The Hall–Kier alpha value is -2.69. The lowest BCUT2D eigenvalue weighted by Crippen LogP contribution is -2.41. The Morgan fingerprint density at radius 3 is 2.25 bits per heavy atom. The van der Waals surface area contributed by atoms with E-state index in [1.165, 1.54) is 29.8 Å². The lowest BCUT2D eigenvalue weighted by Gasteiger charge is -2.31. The molecule has 1 aliphatic heterocycles. The maximum atomic E-state index is 13.0. The van der Waals surface area contributed by atoms with Crippen LogP contribution in [-0.4, -0.2) is 29.8 Å². The molecule has 0 saturated carbocycles. The fourth-order valence-electron chi connectivity index (χ4n) is 3.49. The molecule has 1 unspecified atom stereocenters. The van der Waals surface area contributed by atoms with Gasteiger partial charge in [0, 0.05) is 30.3 Å². The monoisotopic (exact) mass is 382 g/mol. The predicted octanol–water partition coefficient (Wildman–Crippen LogP) is 4.83. The van der Waals surface area contributed by atoms with Crippen LogP contribution in [0.2, 0.25) is 0 Å². The van der Waals surface area contributed by atoms with E-state index in [0.717, 1.165) is 12.1 Å². The quantitative estimate of drug-likeness (QED) is 0.805. The number of benzene rings is 2. The van der Waals surface area contributed by atoms with E-state index in [2.05, 4.69) is 31.3 Å². The number of carbonyl (C=O) groups is 2. The molecule has 2 amide bonds. The maximum Gasteiger partial charge on any atom is 0.253 e. The van der Waals surface area contributed by atoms with Crippen LogP contribution in [0, 0.1) is 11.7 Å². The van der Waals surface area contributed by atoms with Crippen molar-refractivity contribution in [1.82, 2.24) is 4.90 Å². The zero-order valence-corrected chi connectivity index (χ0v) is 16.5. The van der Waals surface area contributed by atoms with Gasteiger partial charge in [0.05, 0.1) is 0 Å². The normalized spacial score (nSPS) is 15.9. The molecule has 148 valence electrons. The van der Waals surface area contributed by atoms with Crippen molar-refractivity contribution in [2.45, 2.75) is 39.0 Å². The lowest BCUT2D eigenvalue weighted by molar-refractivity contribution is -0.121. The van der Waals surface area contributed by atoms with Gasteiger partial charge in [-0.3, -0.25) is 9.59 Å². The molecule has 0 spiro atoms. The molecule has 0 bridgehead atoms. The van der Waals surface area contributed by atoms with Crippen LogP contribution in [0.3, 0.4) is 0 Å². The standard InChI is InChI=1S/C23H27FN2O2/c1-3-16(2)17-6-10-21(11-7-17)25-22(27)18-12-14-26(15-13-18)23(28)19-4-8-20(24)9-5-19/h4-11,16,18H,3,12-15H2,1-2H3,(H,25,27). The van der Waals surface area contributed by atoms with Gasteiger partial charge in [-0.2, -0.15) is 0 Å². The molecule has 1 heterocycles. The number of likely N-dealkylation sites (tertiary alicyclic amines) is 1. The van der Waals surface area contributed by atoms with Crippen LogP contribution in [0.1, 0.15) is 54.9 Å². The minimum Gasteiger partial charge on any atom is -0.339 e. The summed E-state index contributed by atoms with van der Waals surface area (Å²) in [6, 6.07) is 13.6. The van der Waals surface area contributed by atoms with Crippen LogP contribution in [0.5, 0.6) is 0 Å². The van der Waals surface area contributed by atoms with Gasteiger partial charge >= 0.3 is 0 Å². The molecule has 28 heavy (non-hydrogen) atoms. The highest BCUT2D eigenvalue weighted by molar-refractivity contribution is 5.95. The van der Waals surface area contributed by atoms with Gasteiger partial charge in [0.15, 0.2) is 0 Å². The summed E-state index contributed by atoms with van der Waals surface area (Å²) in [6.07, 6.45) is 2.34. The molecule has 1 aliphatic rings. The Bertz CT molecular complexity index is 810. The van der Waals surface area contributed by atoms with E-state index in [-0.39, 0.29) is 23.5 Å². The van der Waals surface area contributed by atoms with Crippen molar-refractivity contribution in [3.63, 3.8) is 0 Å². The summed E-state index contributed by atoms with van der Waals surface area (Å²) in [4.78, 5) is 26.8. The van der Waals surface area contributed by atoms with Crippen LogP contribution in [0.25, 0.3) is 0 Å². The number of nitrogens with one attached hydrogen (secondary N) is 1.